The molecule has 6 heteroatoms. The number of hydrogen-bond acceptors (Lipinski definition) is 6. The molecule has 0 unspecified atom stereocenters. The lowest BCUT2D eigenvalue weighted by Crippen LogP contribution is -2.30. The molecular formula is C53H94O6. The van der Waals surface area contributed by atoms with E-state index in [9.17, 15) is 14.4 Å². The SMILES string of the molecule is CCCCC/C=C\C/C=C\C/C=C\CCCCC(=O)O[C@H](COC(=O)CCCCCCC/C=C\CCCCCC)COC(=O)CCCCCCCCCCCCCCC. The van der Waals surface area contributed by atoms with Crippen LogP contribution >= 0.6 is 0 Å². The molecule has 0 aromatic rings. The van der Waals surface area contributed by atoms with Gasteiger partial charge in [-0.3, -0.25) is 14.4 Å². The lowest BCUT2D eigenvalue weighted by molar-refractivity contribution is -0.167. The Morgan fingerprint density at radius 2 is 0.610 bits per heavy atom. The molecule has 0 aliphatic carbocycles. The number of carbonyl (C=O) groups is 3. The van der Waals surface area contributed by atoms with Gasteiger partial charge in [-0.25, -0.2) is 0 Å². The van der Waals surface area contributed by atoms with Crippen LogP contribution in [0.1, 0.15) is 252 Å². The minimum Gasteiger partial charge on any atom is -0.462 e. The number of allylic oxidation sites excluding steroid dienone is 8. The quantitative estimate of drug-likeness (QED) is 0.0263. The van der Waals surface area contributed by atoms with Gasteiger partial charge in [0.05, 0.1) is 0 Å². The van der Waals surface area contributed by atoms with Crippen LogP contribution in [-0.2, 0) is 28.6 Å². The van der Waals surface area contributed by atoms with Crippen LogP contribution in [0.25, 0.3) is 0 Å². The van der Waals surface area contributed by atoms with Crippen molar-refractivity contribution >= 4 is 17.9 Å². The fourth-order valence-electron chi connectivity index (χ4n) is 6.97. The lowest BCUT2D eigenvalue weighted by Gasteiger charge is -2.18. The summed E-state index contributed by atoms with van der Waals surface area (Å²) in [5.74, 6) is -0.932. The van der Waals surface area contributed by atoms with Gasteiger partial charge >= 0.3 is 17.9 Å². The molecule has 0 aliphatic heterocycles. The average molecular weight is 827 g/mol. The zero-order valence-corrected chi connectivity index (χ0v) is 39.0. The second-order valence-corrected chi connectivity index (χ2v) is 16.7. The monoisotopic (exact) mass is 827 g/mol. The van der Waals surface area contributed by atoms with E-state index < -0.39 is 6.10 Å². The molecule has 0 aromatic heterocycles. The Morgan fingerprint density at radius 3 is 1.05 bits per heavy atom. The minimum absolute atomic E-state index is 0.0889. The summed E-state index contributed by atoms with van der Waals surface area (Å²) in [6.07, 6.45) is 56.6. The Morgan fingerprint density at radius 1 is 0.339 bits per heavy atom. The van der Waals surface area contributed by atoms with Gasteiger partial charge in [0.2, 0.25) is 0 Å². The Labute approximate surface area is 365 Å². The summed E-state index contributed by atoms with van der Waals surface area (Å²) in [5.41, 5.74) is 0. The first-order valence-electron chi connectivity index (χ1n) is 25.1. The summed E-state index contributed by atoms with van der Waals surface area (Å²) in [5, 5.41) is 0. The molecule has 0 aliphatic rings. The van der Waals surface area contributed by atoms with E-state index in [2.05, 4.69) is 69.4 Å². The zero-order chi connectivity index (χ0) is 43.0. The van der Waals surface area contributed by atoms with E-state index in [4.69, 9.17) is 14.2 Å². The number of ether oxygens (including phenoxy) is 3. The highest BCUT2D eigenvalue weighted by Gasteiger charge is 2.19. The predicted octanol–water partition coefficient (Wildman–Crippen LogP) is 16.3. The van der Waals surface area contributed by atoms with Crippen molar-refractivity contribution in [1.29, 1.82) is 0 Å². The molecular weight excluding hydrogens is 733 g/mol. The smallest absolute Gasteiger partial charge is 0.306 e. The predicted molar refractivity (Wildman–Crippen MR) is 252 cm³/mol. The van der Waals surface area contributed by atoms with Crippen molar-refractivity contribution < 1.29 is 28.6 Å². The van der Waals surface area contributed by atoms with E-state index in [1.807, 2.05) is 0 Å². The molecule has 0 aromatic carbocycles. The van der Waals surface area contributed by atoms with E-state index in [1.54, 1.807) is 0 Å². The van der Waals surface area contributed by atoms with Crippen molar-refractivity contribution in [3.8, 4) is 0 Å². The molecule has 0 saturated carbocycles. The molecule has 0 bridgehead atoms. The highest BCUT2D eigenvalue weighted by Crippen LogP contribution is 2.14. The molecule has 6 nitrogen and oxygen atoms in total. The molecule has 0 rings (SSSR count). The standard InChI is InChI=1S/C53H94O6/c1-4-7-10-13-16-19-22-25-26-29-32-35-38-41-44-47-53(56)59-50(48-57-51(54)45-42-39-36-33-30-27-23-20-17-14-11-8-5-2)49-58-52(55)46-43-40-37-34-31-28-24-21-18-15-12-9-6-3/h16,19-20,23,25-26,32,35,50H,4-15,17-18,21-22,24,27-31,33-34,36-49H2,1-3H3/b19-16-,23-20-,26-25-,35-32-/t50-/m1/s1. The van der Waals surface area contributed by atoms with Gasteiger partial charge in [0, 0.05) is 19.3 Å². The van der Waals surface area contributed by atoms with Crippen molar-refractivity contribution in [3.05, 3.63) is 48.6 Å². The van der Waals surface area contributed by atoms with E-state index in [0.717, 1.165) is 70.6 Å². The molecule has 0 saturated heterocycles. The van der Waals surface area contributed by atoms with E-state index in [0.29, 0.717) is 19.3 Å². The Kier molecular flexibility index (Phi) is 45.9. The van der Waals surface area contributed by atoms with Gasteiger partial charge in [-0.2, -0.15) is 0 Å². The van der Waals surface area contributed by atoms with Crippen LogP contribution < -0.4 is 0 Å². The molecule has 59 heavy (non-hydrogen) atoms. The summed E-state index contributed by atoms with van der Waals surface area (Å²) in [4.78, 5) is 37.9. The largest absolute Gasteiger partial charge is 0.462 e. The van der Waals surface area contributed by atoms with Crippen LogP contribution in [0.2, 0.25) is 0 Å². The molecule has 0 heterocycles. The molecule has 342 valence electrons. The van der Waals surface area contributed by atoms with Crippen LogP contribution in [0, 0.1) is 0 Å². The van der Waals surface area contributed by atoms with Crippen molar-refractivity contribution in [1.82, 2.24) is 0 Å². The van der Waals surface area contributed by atoms with Crippen LogP contribution in [-0.4, -0.2) is 37.2 Å². The van der Waals surface area contributed by atoms with Crippen LogP contribution in [0.4, 0.5) is 0 Å². The van der Waals surface area contributed by atoms with Crippen LogP contribution in [0.5, 0.6) is 0 Å². The third-order valence-corrected chi connectivity index (χ3v) is 10.8. The summed E-state index contributed by atoms with van der Waals surface area (Å²) >= 11 is 0. The van der Waals surface area contributed by atoms with Gasteiger partial charge in [0.25, 0.3) is 0 Å². The Bertz CT molecular complexity index is 1040. The van der Waals surface area contributed by atoms with Gasteiger partial charge in [0.15, 0.2) is 6.10 Å². The average Bonchev–Trinajstić information content (AvgIpc) is 3.23. The first-order chi connectivity index (χ1) is 29.0. The number of rotatable bonds is 45. The van der Waals surface area contributed by atoms with Crippen LogP contribution in [0.3, 0.4) is 0 Å². The van der Waals surface area contributed by atoms with Gasteiger partial charge in [-0.1, -0.05) is 198 Å². The Balaban J connectivity index is 4.45. The minimum atomic E-state index is -0.792. The molecule has 0 N–H and O–H groups in total. The number of esters is 3. The zero-order valence-electron chi connectivity index (χ0n) is 39.0. The summed E-state index contributed by atoms with van der Waals surface area (Å²) < 4.78 is 16.7. The van der Waals surface area contributed by atoms with E-state index in [1.165, 1.54) is 135 Å². The summed E-state index contributed by atoms with van der Waals surface area (Å²) in [7, 11) is 0. The number of unbranched alkanes of at least 4 members (excludes halogenated alkanes) is 26. The lowest BCUT2D eigenvalue weighted by atomic mass is 10.0. The fourth-order valence-corrected chi connectivity index (χ4v) is 6.97. The van der Waals surface area contributed by atoms with Gasteiger partial charge in [-0.15, -0.1) is 0 Å². The van der Waals surface area contributed by atoms with Gasteiger partial charge in [-0.05, 0) is 83.5 Å². The van der Waals surface area contributed by atoms with Gasteiger partial charge < -0.3 is 14.2 Å². The molecule has 0 radical (unpaired) electrons. The highest BCUT2D eigenvalue weighted by atomic mass is 16.6. The maximum Gasteiger partial charge on any atom is 0.306 e. The van der Waals surface area contributed by atoms with Crippen LogP contribution in [0.15, 0.2) is 48.6 Å². The van der Waals surface area contributed by atoms with Crippen molar-refractivity contribution in [2.24, 2.45) is 0 Å². The number of hydrogen-bond donors (Lipinski definition) is 0. The third kappa shape index (κ3) is 46.3. The summed E-state index contributed by atoms with van der Waals surface area (Å²) in [6.45, 7) is 6.56. The van der Waals surface area contributed by atoms with Crippen molar-refractivity contribution in [2.45, 2.75) is 258 Å². The van der Waals surface area contributed by atoms with E-state index in [-0.39, 0.29) is 37.5 Å². The number of carbonyl (C=O) groups excluding carboxylic acids is 3. The maximum absolute atomic E-state index is 12.8. The molecule has 0 spiro atoms. The maximum atomic E-state index is 12.8. The molecule has 0 amide bonds. The van der Waals surface area contributed by atoms with Gasteiger partial charge in [0.1, 0.15) is 13.2 Å². The molecule has 1 atom stereocenters. The second kappa shape index (κ2) is 48.0. The Hall–Kier alpha value is -2.63. The summed E-state index contributed by atoms with van der Waals surface area (Å²) in [6, 6.07) is 0. The van der Waals surface area contributed by atoms with E-state index >= 15 is 0 Å². The highest BCUT2D eigenvalue weighted by molar-refractivity contribution is 5.71. The first kappa shape index (κ1) is 56.4. The third-order valence-electron chi connectivity index (χ3n) is 10.8. The first-order valence-corrected chi connectivity index (χ1v) is 25.1. The fraction of sp³-hybridized carbons (Fsp3) is 0.792. The topological polar surface area (TPSA) is 78.9 Å². The van der Waals surface area contributed by atoms with Crippen molar-refractivity contribution in [2.75, 3.05) is 13.2 Å². The van der Waals surface area contributed by atoms with Crippen molar-refractivity contribution in [3.63, 3.8) is 0 Å². The molecule has 0 fully saturated rings. The second-order valence-electron chi connectivity index (χ2n) is 16.7. The normalized spacial score (nSPS) is 12.4.